The minimum Gasteiger partial charge on any atom is -0.377 e. The lowest BCUT2D eigenvalue weighted by Crippen LogP contribution is -2.32. The van der Waals surface area contributed by atoms with Crippen LogP contribution in [0.3, 0.4) is 0 Å². The Morgan fingerprint density at radius 2 is 2.00 bits per heavy atom. The number of amides is 1. The summed E-state index contributed by atoms with van der Waals surface area (Å²) >= 11 is 0. The molecule has 0 fully saturated rings. The summed E-state index contributed by atoms with van der Waals surface area (Å²) in [5.41, 5.74) is 3.24. The predicted molar refractivity (Wildman–Crippen MR) is 109 cm³/mol. The van der Waals surface area contributed by atoms with Crippen LogP contribution >= 0.6 is 0 Å². The van der Waals surface area contributed by atoms with Gasteiger partial charge in [-0.15, -0.1) is 0 Å². The smallest absolute Gasteiger partial charge is 0.274 e. The summed E-state index contributed by atoms with van der Waals surface area (Å²) in [4.78, 5) is 24.0. The Kier molecular flexibility index (Phi) is 4.86. The van der Waals surface area contributed by atoms with Crippen molar-refractivity contribution in [1.82, 2.24) is 5.32 Å². The molecule has 6 heteroatoms. The first kappa shape index (κ1) is 18.2. The van der Waals surface area contributed by atoms with Gasteiger partial charge in [-0.1, -0.05) is 49.4 Å². The third-order valence-electron chi connectivity index (χ3n) is 5.65. The number of rotatable bonds is 5. The van der Waals surface area contributed by atoms with Crippen LogP contribution in [0.2, 0.25) is 0 Å². The van der Waals surface area contributed by atoms with E-state index in [4.69, 9.17) is 0 Å². The largest absolute Gasteiger partial charge is 0.377 e. The van der Waals surface area contributed by atoms with Crippen molar-refractivity contribution in [3.8, 4) is 0 Å². The van der Waals surface area contributed by atoms with E-state index in [1.807, 2.05) is 37.3 Å². The SMILES string of the molecule is CCCNC(=O)c1cccc2c1NC(c1ccccc1[N+](=O)[O-])C1CC=CC21. The number of nitro groups is 1. The Bertz CT molecular complexity index is 954. The summed E-state index contributed by atoms with van der Waals surface area (Å²) in [6.07, 6.45) is 6.01. The minimum absolute atomic E-state index is 0.113. The number of fused-ring (bicyclic) bond motifs is 3. The first-order chi connectivity index (χ1) is 13.6. The fourth-order valence-corrected chi connectivity index (χ4v) is 4.37. The van der Waals surface area contributed by atoms with E-state index >= 15 is 0 Å². The second kappa shape index (κ2) is 7.46. The van der Waals surface area contributed by atoms with Crippen LogP contribution in [0.4, 0.5) is 11.4 Å². The van der Waals surface area contributed by atoms with Gasteiger partial charge in [-0.2, -0.15) is 0 Å². The van der Waals surface area contributed by atoms with E-state index in [-0.39, 0.29) is 34.4 Å². The quantitative estimate of drug-likeness (QED) is 0.454. The monoisotopic (exact) mass is 377 g/mol. The van der Waals surface area contributed by atoms with E-state index in [0.717, 1.165) is 24.1 Å². The molecule has 0 bridgehead atoms. The van der Waals surface area contributed by atoms with Crippen LogP contribution in [0, 0.1) is 16.0 Å². The maximum Gasteiger partial charge on any atom is 0.274 e. The molecule has 2 aliphatic rings. The van der Waals surface area contributed by atoms with Crippen LogP contribution in [0.1, 0.15) is 53.2 Å². The third kappa shape index (κ3) is 3.05. The molecule has 2 aromatic rings. The Morgan fingerprint density at radius 1 is 1.21 bits per heavy atom. The number of nitro benzene ring substituents is 1. The van der Waals surface area contributed by atoms with Crippen molar-refractivity contribution in [2.24, 2.45) is 5.92 Å². The highest BCUT2D eigenvalue weighted by molar-refractivity contribution is 6.00. The lowest BCUT2D eigenvalue weighted by molar-refractivity contribution is -0.385. The van der Waals surface area contributed by atoms with Crippen LogP contribution in [0.15, 0.2) is 54.6 Å². The first-order valence-corrected chi connectivity index (χ1v) is 9.69. The predicted octanol–water partition coefficient (Wildman–Crippen LogP) is 4.56. The van der Waals surface area contributed by atoms with Gasteiger partial charge in [0.2, 0.25) is 0 Å². The number of hydrogen-bond donors (Lipinski definition) is 2. The van der Waals surface area contributed by atoms with E-state index in [1.54, 1.807) is 12.1 Å². The highest BCUT2D eigenvalue weighted by atomic mass is 16.6. The van der Waals surface area contributed by atoms with Gasteiger partial charge in [0.05, 0.1) is 27.8 Å². The van der Waals surface area contributed by atoms with Crippen molar-refractivity contribution in [3.63, 3.8) is 0 Å². The number of nitrogens with zero attached hydrogens (tertiary/aromatic N) is 1. The highest BCUT2D eigenvalue weighted by Gasteiger charge is 2.41. The minimum atomic E-state index is -0.330. The number of para-hydroxylation sites is 2. The van der Waals surface area contributed by atoms with Crippen LogP contribution in [-0.4, -0.2) is 17.4 Å². The second-order valence-corrected chi connectivity index (χ2v) is 7.32. The normalized spacial score (nSPS) is 22.1. The first-order valence-electron chi connectivity index (χ1n) is 9.69. The summed E-state index contributed by atoms with van der Waals surface area (Å²) in [6, 6.07) is 12.4. The topological polar surface area (TPSA) is 84.3 Å². The Labute approximate surface area is 163 Å². The van der Waals surface area contributed by atoms with Gasteiger partial charge in [0.15, 0.2) is 0 Å². The second-order valence-electron chi connectivity index (χ2n) is 7.32. The number of nitrogens with one attached hydrogen (secondary N) is 2. The lowest BCUT2D eigenvalue weighted by atomic mass is 9.76. The van der Waals surface area contributed by atoms with Crippen molar-refractivity contribution in [2.75, 3.05) is 11.9 Å². The molecule has 28 heavy (non-hydrogen) atoms. The summed E-state index contributed by atoms with van der Waals surface area (Å²) in [7, 11) is 0. The summed E-state index contributed by atoms with van der Waals surface area (Å²) in [5, 5.41) is 18.0. The van der Waals surface area contributed by atoms with Gasteiger partial charge in [0.1, 0.15) is 0 Å². The maximum atomic E-state index is 12.7. The zero-order chi connectivity index (χ0) is 19.7. The number of benzene rings is 2. The van der Waals surface area contributed by atoms with Crippen molar-refractivity contribution >= 4 is 17.3 Å². The average Bonchev–Trinajstić information content (AvgIpc) is 3.21. The van der Waals surface area contributed by atoms with Gasteiger partial charge in [-0.3, -0.25) is 14.9 Å². The van der Waals surface area contributed by atoms with Gasteiger partial charge >= 0.3 is 0 Å². The zero-order valence-corrected chi connectivity index (χ0v) is 15.7. The molecule has 0 spiro atoms. The van der Waals surface area contributed by atoms with Gasteiger partial charge < -0.3 is 10.6 Å². The Morgan fingerprint density at radius 3 is 2.79 bits per heavy atom. The van der Waals surface area contributed by atoms with Gasteiger partial charge in [-0.05, 0) is 30.4 Å². The van der Waals surface area contributed by atoms with Crippen LogP contribution in [0.25, 0.3) is 0 Å². The summed E-state index contributed by atoms with van der Waals surface area (Å²) < 4.78 is 0. The van der Waals surface area contributed by atoms with E-state index in [1.165, 1.54) is 0 Å². The number of carbonyl (C=O) groups excluding carboxylic acids is 1. The molecule has 4 rings (SSSR count). The molecule has 1 heterocycles. The Hall–Kier alpha value is -3.15. The summed E-state index contributed by atoms with van der Waals surface area (Å²) in [6.45, 7) is 2.62. The molecule has 6 nitrogen and oxygen atoms in total. The van der Waals surface area contributed by atoms with Gasteiger partial charge in [-0.25, -0.2) is 0 Å². The van der Waals surface area contributed by atoms with Crippen molar-refractivity contribution < 1.29 is 9.72 Å². The van der Waals surface area contributed by atoms with Gasteiger partial charge in [0.25, 0.3) is 11.6 Å². The third-order valence-corrected chi connectivity index (χ3v) is 5.65. The molecular formula is C22H23N3O3. The molecule has 1 amide bonds. The highest BCUT2D eigenvalue weighted by Crippen LogP contribution is 2.51. The van der Waals surface area contributed by atoms with Crippen LogP contribution < -0.4 is 10.6 Å². The molecule has 2 aromatic carbocycles. The standard InChI is InChI=1S/C22H23N3O3/c1-2-13-23-22(26)18-11-6-10-16-14-8-5-9-15(14)20(24-21(16)18)17-7-3-4-12-19(17)25(27)28/h3-8,10-12,14-15,20,24H,2,9,13H2,1H3,(H,23,26). The fourth-order valence-electron chi connectivity index (χ4n) is 4.37. The number of carbonyl (C=O) groups is 1. The molecule has 3 atom stereocenters. The van der Waals surface area contributed by atoms with Crippen molar-refractivity contribution in [2.45, 2.75) is 31.7 Å². The van der Waals surface area contributed by atoms with Crippen LogP contribution in [-0.2, 0) is 0 Å². The zero-order valence-electron chi connectivity index (χ0n) is 15.7. The molecule has 0 saturated carbocycles. The lowest BCUT2D eigenvalue weighted by Gasteiger charge is -2.38. The Balaban J connectivity index is 1.80. The molecule has 144 valence electrons. The van der Waals surface area contributed by atoms with Crippen molar-refractivity contribution in [3.05, 3.63) is 81.4 Å². The van der Waals surface area contributed by atoms with E-state index < -0.39 is 0 Å². The van der Waals surface area contributed by atoms with E-state index in [2.05, 4.69) is 22.8 Å². The number of hydrogen-bond acceptors (Lipinski definition) is 4. The van der Waals surface area contributed by atoms with Gasteiger partial charge in [0, 0.05) is 18.5 Å². The molecular weight excluding hydrogens is 354 g/mol. The fraction of sp³-hybridized carbons (Fsp3) is 0.318. The number of anilines is 1. The molecule has 1 aliphatic heterocycles. The number of allylic oxidation sites excluding steroid dienone is 2. The molecule has 1 aliphatic carbocycles. The summed E-state index contributed by atoms with van der Waals surface area (Å²) in [5.74, 6) is 0.204. The van der Waals surface area contributed by atoms with Crippen molar-refractivity contribution in [1.29, 1.82) is 0 Å². The van der Waals surface area contributed by atoms with E-state index in [0.29, 0.717) is 17.7 Å². The average molecular weight is 377 g/mol. The van der Waals surface area contributed by atoms with E-state index in [9.17, 15) is 14.9 Å². The molecule has 0 radical (unpaired) electrons. The molecule has 3 unspecified atom stereocenters. The van der Waals surface area contributed by atoms with Crippen LogP contribution in [0.5, 0.6) is 0 Å². The molecule has 0 saturated heterocycles. The molecule has 2 N–H and O–H groups in total. The molecule has 0 aromatic heterocycles. The maximum absolute atomic E-state index is 12.7.